The minimum atomic E-state index is -1.03. The van der Waals surface area contributed by atoms with Crippen molar-refractivity contribution in [1.82, 2.24) is 19.5 Å². The van der Waals surface area contributed by atoms with E-state index >= 15 is 0 Å². The van der Waals surface area contributed by atoms with Gasteiger partial charge in [-0.1, -0.05) is 0 Å². The highest BCUT2D eigenvalue weighted by molar-refractivity contribution is 5.92. The fourth-order valence-electron chi connectivity index (χ4n) is 4.14. The van der Waals surface area contributed by atoms with E-state index < -0.39 is 12.1 Å². The van der Waals surface area contributed by atoms with Crippen molar-refractivity contribution in [2.24, 2.45) is 0 Å². The van der Waals surface area contributed by atoms with Gasteiger partial charge < -0.3 is 24.8 Å². The number of nitrogens with one attached hydrogen (secondary N) is 1. The average molecular weight is 423 g/mol. The van der Waals surface area contributed by atoms with Crippen LogP contribution in [0, 0.1) is 0 Å². The molecule has 3 aromatic rings. The number of aromatic carboxylic acids is 1. The first-order valence-corrected chi connectivity index (χ1v) is 9.96. The van der Waals surface area contributed by atoms with Crippen molar-refractivity contribution < 1.29 is 24.2 Å². The topological polar surface area (TPSA) is 118 Å². The minimum Gasteiger partial charge on any atom is -0.478 e. The van der Waals surface area contributed by atoms with Gasteiger partial charge in [-0.15, -0.1) is 0 Å². The molecule has 2 atom stereocenters. The Balaban J connectivity index is 1.60. The number of aromatic nitrogens is 3. The first-order chi connectivity index (χ1) is 15.0. The molecule has 0 radical (unpaired) electrons. The summed E-state index contributed by atoms with van der Waals surface area (Å²) in [7, 11) is 1.53. The van der Waals surface area contributed by atoms with E-state index in [-0.39, 0.29) is 17.5 Å². The lowest BCUT2D eigenvalue weighted by molar-refractivity contribution is -0.136. The van der Waals surface area contributed by atoms with E-state index in [0.29, 0.717) is 54.5 Å². The van der Waals surface area contributed by atoms with Crippen LogP contribution in [0.4, 0.5) is 5.69 Å². The fraction of sp³-hybridized carbons (Fsp3) is 0.333. The summed E-state index contributed by atoms with van der Waals surface area (Å²) in [4.78, 5) is 30.7. The number of amides is 1. The van der Waals surface area contributed by atoms with E-state index in [2.05, 4.69) is 15.4 Å². The second-order valence-corrected chi connectivity index (χ2v) is 7.58. The van der Waals surface area contributed by atoms with Gasteiger partial charge in [0.25, 0.3) is 5.91 Å². The molecule has 2 aromatic heterocycles. The molecule has 0 spiro atoms. The molecule has 160 valence electrons. The summed E-state index contributed by atoms with van der Waals surface area (Å²) in [6.07, 6.45) is 3.43. The number of rotatable bonds is 2. The summed E-state index contributed by atoms with van der Waals surface area (Å²) in [6, 6.07) is 6.59. The van der Waals surface area contributed by atoms with Gasteiger partial charge in [0.15, 0.2) is 5.65 Å². The first-order valence-electron chi connectivity index (χ1n) is 9.96. The normalized spacial score (nSPS) is 20.8. The Labute approximate surface area is 177 Å². The van der Waals surface area contributed by atoms with Crippen molar-refractivity contribution in [1.29, 1.82) is 0 Å². The Morgan fingerprint density at radius 3 is 3.03 bits per heavy atom. The molecule has 2 N–H and O–H groups in total. The SMILES string of the molecule is CO[C@@H]1C[C@H]2COc3ccn4ncc(c4n3)-c3cc(cc(C(=O)O)c3)NCCN2C1=O. The molecule has 1 amide bonds. The Morgan fingerprint density at radius 2 is 2.23 bits per heavy atom. The number of carbonyl (C=O) groups is 2. The van der Waals surface area contributed by atoms with E-state index in [1.165, 1.54) is 7.11 Å². The van der Waals surface area contributed by atoms with Crippen molar-refractivity contribution in [3.8, 4) is 17.0 Å². The van der Waals surface area contributed by atoms with Crippen LogP contribution in [0.2, 0.25) is 0 Å². The van der Waals surface area contributed by atoms with Crippen molar-refractivity contribution in [3.05, 3.63) is 42.2 Å². The van der Waals surface area contributed by atoms with Gasteiger partial charge in [-0.25, -0.2) is 9.31 Å². The third kappa shape index (κ3) is 3.44. The van der Waals surface area contributed by atoms with Gasteiger partial charge in [0.1, 0.15) is 12.7 Å². The van der Waals surface area contributed by atoms with Crippen LogP contribution >= 0.6 is 0 Å². The maximum absolute atomic E-state index is 12.7. The van der Waals surface area contributed by atoms with Crippen LogP contribution < -0.4 is 10.1 Å². The van der Waals surface area contributed by atoms with Crippen LogP contribution in [0.5, 0.6) is 5.88 Å². The zero-order valence-electron chi connectivity index (χ0n) is 16.8. The molecule has 1 saturated heterocycles. The van der Waals surface area contributed by atoms with Gasteiger partial charge in [-0.2, -0.15) is 10.1 Å². The van der Waals surface area contributed by atoms with Crippen LogP contribution in [0.15, 0.2) is 36.7 Å². The van der Waals surface area contributed by atoms with E-state index in [4.69, 9.17) is 9.47 Å². The van der Waals surface area contributed by atoms with Crippen LogP contribution in [-0.4, -0.2) is 75.4 Å². The largest absolute Gasteiger partial charge is 0.478 e. The Bertz CT molecular complexity index is 1180. The van der Waals surface area contributed by atoms with Crippen LogP contribution in [-0.2, 0) is 9.53 Å². The predicted molar refractivity (Wildman–Crippen MR) is 110 cm³/mol. The molecule has 0 unspecified atom stereocenters. The smallest absolute Gasteiger partial charge is 0.335 e. The van der Waals surface area contributed by atoms with Crippen molar-refractivity contribution in [3.63, 3.8) is 0 Å². The maximum atomic E-state index is 12.7. The molecule has 2 aliphatic heterocycles. The Hall–Kier alpha value is -3.66. The summed E-state index contributed by atoms with van der Waals surface area (Å²) in [5.74, 6) is -0.698. The van der Waals surface area contributed by atoms with Crippen LogP contribution in [0.25, 0.3) is 16.8 Å². The molecule has 0 saturated carbocycles. The van der Waals surface area contributed by atoms with Crippen molar-refractivity contribution in [2.45, 2.75) is 18.6 Å². The molecule has 1 fully saturated rings. The predicted octanol–water partition coefficient (Wildman–Crippen LogP) is 1.51. The van der Waals surface area contributed by atoms with E-state index in [1.807, 2.05) is 6.07 Å². The number of methoxy groups -OCH3 is 1. The summed E-state index contributed by atoms with van der Waals surface area (Å²) in [5.41, 5.74) is 2.72. The zero-order valence-corrected chi connectivity index (χ0v) is 16.8. The second kappa shape index (κ2) is 7.55. The minimum absolute atomic E-state index is 0.0774. The lowest BCUT2D eigenvalue weighted by Gasteiger charge is -2.25. The fourth-order valence-corrected chi connectivity index (χ4v) is 4.14. The van der Waals surface area contributed by atoms with Crippen LogP contribution in [0.3, 0.4) is 0 Å². The molecule has 2 aliphatic rings. The number of nitrogens with zero attached hydrogens (tertiary/aromatic N) is 4. The van der Waals surface area contributed by atoms with Gasteiger partial charge in [0, 0.05) is 50.1 Å². The Kier molecular flexibility index (Phi) is 4.70. The number of ether oxygens (including phenoxy) is 2. The maximum Gasteiger partial charge on any atom is 0.335 e. The summed E-state index contributed by atoms with van der Waals surface area (Å²) in [5, 5.41) is 17.1. The third-order valence-electron chi connectivity index (χ3n) is 5.71. The standard InChI is InChI=1S/C21H21N5O5/c1-30-17-9-15-11-31-18-2-4-26-19(24-18)16(10-23-26)12-6-13(21(28)29)8-14(7-12)22-3-5-25(15)20(17)27/h2,4,6-8,10,15,17,22H,3,5,9,11H2,1H3,(H,28,29)/t15-,17+/m0/s1. The Morgan fingerprint density at radius 1 is 1.35 bits per heavy atom. The number of hydrogen-bond acceptors (Lipinski definition) is 7. The first kappa shape index (κ1) is 19.3. The molecule has 1 aromatic carbocycles. The monoisotopic (exact) mass is 423 g/mol. The van der Waals surface area contributed by atoms with Crippen LogP contribution in [0.1, 0.15) is 16.8 Å². The van der Waals surface area contributed by atoms with Gasteiger partial charge in [-0.3, -0.25) is 4.79 Å². The second-order valence-electron chi connectivity index (χ2n) is 7.58. The molecule has 5 rings (SSSR count). The molecule has 4 heterocycles. The highest BCUT2D eigenvalue weighted by atomic mass is 16.5. The summed E-state index contributed by atoms with van der Waals surface area (Å²) in [6.45, 7) is 1.19. The number of carboxylic acids is 1. The van der Waals surface area contributed by atoms with Crippen molar-refractivity contribution >= 4 is 23.2 Å². The van der Waals surface area contributed by atoms with E-state index in [0.717, 1.165) is 0 Å². The molecule has 4 bridgehead atoms. The molecular weight excluding hydrogens is 402 g/mol. The quantitative estimate of drug-likeness (QED) is 0.637. The van der Waals surface area contributed by atoms with E-state index in [1.54, 1.807) is 40.0 Å². The summed E-state index contributed by atoms with van der Waals surface area (Å²) < 4.78 is 12.9. The zero-order chi connectivity index (χ0) is 21.5. The van der Waals surface area contributed by atoms with Gasteiger partial charge >= 0.3 is 5.97 Å². The number of benzene rings is 1. The van der Waals surface area contributed by atoms with Gasteiger partial charge in [0.2, 0.25) is 5.88 Å². The van der Waals surface area contributed by atoms with E-state index in [9.17, 15) is 14.7 Å². The van der Waals surface area contributed by atoms with Crippen molar-refractivity contribution in [2.75, 3.05) is 32.1 Å². The number of anilines is 1. The number of hydrogen-bond donors (Lipinski definition) is 2. The molecule has 31 heavy (non-hydrogen) atoms. The molecule has 10 nitrogen and oxygen atoms in total. The third-order valence-corrected chi connectivity index (χ3v) is 5.71. The summed E-state index contributed by atoms with van der Waals surface area (Å²) >= 11 is 0. The lowest BCUT2D eigenvalue weighted by Crippen LogP contribution is -2.41. The van der Waals surface area contributed by atoms with Gasteiger partial charge in [0.05, 0.1) is 17.8 Å². The average Bonchev–Trinajstić information content (AvgIpc) is 3.32. The lowest BCUT2D eigenvalue weighted by atomic mass is 10.0. The number of carbonyl (C=O) groups excluding carboxylic acids is 1. The molecule has 10 heteroatoms. The molecular formula is C21H21N5O5. The van der Waals surface area contributed by atoms with Gasteiger partial charge in [-0.05, 0) is 23.8 Å². The number of carboxylic acid groups (broad SMARTS) is 1. The highest BCUT2D eigenvalue weighted by Gasteiger charge is 2.39. The molecule has 0 aliphatic carbocycles. The number of fused-ring (bicyclic) bond motifs is 5. The highest BCUT2D eigenvalue weighted by Crippen LogP contribution is 2.29.